The fourth-order valence-electron chi connectivity index (χ4n) is 2.87. The predicted octanol–water partition coefficient (Wildman–Crippen LogP) is 0.945. The van der Waals surface area contributed by atoms with E-state index in [0.29, 0.717) is 11.8 Å². The molecule has 1 amide bonds. The summed E-state index contributed by atoms with van der Waals surface area (Å²) in [5.41, 5.74) is 0. The highest BCUT2D eigenvalue weighted by atomic mass is 16.2. The van der Waals surface area contributed by atoms with Gasteiger partial charge < -0.3 is 9.80 Å². The first-order valence-corrected chi connectivity index (χ1v) is 7.35. The average Bonchev–Trinajstić information content (AvgIpc) is 2.62. The summed E-state index contributed by atoms with van der Waals surface area (Å²) in [6, 6.07) is 0. The summed E-state index contributed by atoms with van der Waals surface area (Å²) >= 11 is 0. The maximum atomic E-state index is 12.2. The molecule has 0 spiro atoms. The van der Waals surface area contributed by atoms with E-state index in [1.54, 1.807) is 0 Å². The van der Waals surface area contributed by atoms with Crippen molar-refractivity contribution in [3.05, 3.63) is 0 Å². The van der Waals surface area contributed by atoms with E-state index in [9.17, 15) is 4.79 Å². The molecule has 0 N–H and O–H groups in total. The van der Waals surface area contributed by atoms with Crippen molar-refractivity contribution in [2.24, 2.45) is 5.92 Å². The minimum atomic E-state index is 0.357. The van der Waals surface area contributed by atoms with Gasteiger partial charge in [-0.1, -0.05) is 0 Å². The number of nitrogens with zero attached hydrogens (tertiary/aromatic N) is 3. The first kappa shape index (κ1) is 13.8. The summed E-state index contributed by atoms with van der Waals surface area (Å²) in [5.74, 6) is 1.02. The topological polar surface area (TPSA) is 37.7 Å². The lowest BCUT2D eigenvalue weighted by Gasteiger charge is -2.24. The summed E-state index contributed by atoms with van der Waals surface area (Å²) in [4.78, 5) is 16.5. The zero-order chi connectivity index (χ0) is 12.8. The van der Waals surface area contributed by atoms with Gasteiger partial charge in [-0.2, -0.15) is 0 Å². The molecule has 1 radical (unpaired) electrons. The molecule has 0 aliphatic carbocycles. The van der Waals surface area contributed by atoms with E-state index in [-0.39, 0.29) is 0 Å². The number of carbonyl (C=O) groups excluding carboxylic acids is 1. The lowest BCUT2D eigenvalue weighted by molar-refractivity contribution is -0.131. The van der Waals surface area contributed by atoms with Crippen molar-refractivity contribution in [2.75, 3.05) is 46.3 Å². The Hall–Kier alpha value is -0.610. The Labute approximate surface area is 111 Å². The van der Waals surface area contributed by atoms with Crippen LogP contribution in [-0.2, 0) is 4.79 Å². The third-order valence-electron chi connectivity index (χ3n) is 4.15. The van der Waals surface area contributed by atoms with Gasteiger partial charge in [0.25, 0.3) is 0 Å². The van der Waals surface area contributed by atoms with Crippen molar-refractivity contribution in [3.63, 3.8) is 0 Å². The van der Waals surface area contributed by atoms with Gasteiger partial charge in [0.05, 0.1) is 0 Å². The van der Waals surface area contributed by atoms with Gasteiger partial charge in [0.15, 0.2) is 0 Å². The number of piperidine rings is 1. The minimum absolute atomic E-state index is 0.357. The number of likely N-dealkylation sites (N-methyl/N-ethyl adjacent to an activating group) is 1. The normalized spacial score (nSPS) is 26.9. The van der Waals surface area contributed by atoms with Gasteiger partial charge in [0.2, 0.25) is 5.91 Å². The largest absolute Gasteiger partial charge is 0.341 e. The highest BCUT2D eigenvalue weighted by Crippen LogP contribution is 2.17. The van der Waals surface area contributed by atoms with Gasteiger partial charge in [-0.3, -0.25) is 4.79 Å². The first-order chi connectivity index (χ1) is 8.75. The molecule has 1 atom stereocenters. The van der Waals surface area contributed by atoms with Gasteiger partial charge in [0, 0.05) is 39.1 Å². The second-order valence-corrected chi connectivity index (χ2v) is 5.71. The van der Waals surface area contributed by atoms with Crippen LogP contribution < -0.4 is 5.32 Å². The Morgan fingerprint density at radius 3 is 2.89 bits per heavy atom. The third kappa shape index (κ3) is 4.25. The van der Waals surface area contributed by atoms with E-state index in [1.165, 1.54) is 12.8 Å². The molecule has 103 valence electrons. The van der Waals surface area contributed by atoms with Gasteiger partial charge in [-0.15, -0.1) is 0 Å². The fourth-order valence-corrected chi connectivity index (χ4v) is 2.87. The molecule has 0 saturated carbocycles. The molecule has 4 nitrogen and oxygen atoms in total. The van der Waals surface area contributed by atoms with E-state index < -0.39 is 0 Å². The lowest BCUT2D eigenvalue weighted by atomic mass is 9.94. The van der Waals surface area contributed by atoms with E-state index in [1.807, 2.05) is 0 Å². The van der Waals surface area contributed by atoms with Gasteiger partial charge in [0.1, 0.15) is 0 Å². The monoisotopic (exact) mass is 252 g/mol. The van der Waals surface area contributed by atoms with Crippen LogP contribution in [0.25, 0.3) is 0 Å². The standard InChI is InChI=1S/C14H26N3O/c1-16-8-3-9-17(11-10-16)14(18)6-5-13-4-2-7-15-12-13/h13H,2-12H2,1H3. The molecule has 18 heavy (non-hydrogen) atoms. The summed E-state index contributed by atoms with van der Waals surface area (Å²) in [6.45, 7) is 6.00. The highest BCUT2D eigenvalue weighted by Gasteiger charge is 2.20. The SMILES string of the molecule is CN1CCCN(C(=O)CCC2CCC[N]C2)CC1. The molecule has 0 aromatic rings. The minimum Gasteiger partial charge on any atom is -0.341 e. The molecule has 2 rings (SSSR count). The second-order valence-electron chi connectivity index (χ2n) is 5.71. The average molecular weight is 252 g/mol. The van der Waals surface area contributed by atoms with Crippen LogP contribution in [0.3, 0.4) is 0 Å². The molecule has 2 aliphatic heterocycles. The summed E-state index contributed by atoms with van der Waals surface area (Å²) in [5, 5.41) is 4.44. The molecule has 1 unspecified atom stereocenters. The lowest BCUT2D eigenvalue weighted by Crippen LogP contribution is -2.35. The van der Waals surface area contributed by atoms with E-state index in [2.05, 4.69) is 22.2 Å². The molecule has 0 bridgehead atoms. The fraction of sp³-hybridized carbons (Fsp3) is 0.929. The van der Waals surface area contributed by atoms with Gasteiger partial charge in [-0.25, -0.2) is 5.32 Å². The van der Waals surface area contributed by atoms with Crippen LogP contribution in [0.5, 0.6) is 0 Å². The summed E-state index contributed by atoms with van der Waals surface area (Å²) < 4.78 is 0. The Balaban J connectivity index is 1.69. The van der Waals surface area contributed by atoms with Crippen LogP contribution in [0.15, 0.2) is 0 Å². The van der Waals surface area contributed by atoms with Crippen molar-refractivity contribution in [3.8, 4) is 0 Å². The van der Waals surface area contributed by atoms with Gasteiger partial charge >= 0.3 is 0 Å². The molecular weight excluding hydrogens is 226 g/mol. The zero-order valence-electron chi connectivity index (χ0n) is 11.6. The quantitative estimate of drug-likeness (QED) is 0.750. The Bertz CT molecular complexity index is 264. The highest BCUT2D eigenvalue weighted by molar-refractivity contribution is 5.76. The van der Waals surface area contributed by atoms with Crippen LogP contribution in [0.4, 0.5) is 0 Å². The van der Waals surface area contributed by atoms with Crippen LogP contribution in [0.1, 0.15) is 32.1 Å². The maximum absolute atomic E-state index is 12.2. The molecule has 2 aliphatic rings. The van der Waals surface area contributed by atoms with Gasteiger partial charge in [-0.05, 0) is 45.2 Å². The molecule has 2 saturated heterocycles. The number of carbonyl (C=O) groups is 1. The maximum Gasteiger partial charge on any atom is 0.222 e. The number of hydrogen-bond acceptors (Lipinski definition) is 2. The van der Waals surface area contributed by atoms with Crippen molar-refractivity contribution in [1.82, 2.24) is 15.1 Å². The molecule has 2 heterocycles. The van der Waals surface area contributed by atoms with Crippen molar-refractivity contribution < 1.29 is 4.79 Å². The Kier molecular flexibility index (Phi) is 5.45. The third-order valence-corrected chi connectivity index (χ3v) is 4.15. The molecule has 0 aromatic carbocycles. The van der Waals surface area contributed by atoms with Crippen LogP contribution >= 0.6 is 0 Å². The van der Waals surface area contributed by atoms with E-state index in [4.69, 9.17) is 0 Å². The van der Waals surface area contributed by atoms with Crippen molar-refractivity contribution >= 4 is 5.91 Å². The number of rotatable bonds is 3. The zero-order valence-corrected chi connectivity index (χ0v) is 11.6. The number of hydrogen-bond donors (Lipinski definition) is 0. The number of amides is 1. The Morgan fingerprint density at radius 1 is 1.22 bits per heavy atom. The molecule has 4 heteroatoms. The van der Waals surface area contributed by atoms with Crippen molar-refractivity contribution in [1.29, 1.82) is 0 Å². The molecule has 0 aromatic heterocycles. The summed E-state index contributed by atoms with van der Waals surface area (Å²) in [7, 11) is 2.14. The van der Waals surface area contributed by atoms with Crippen LogP contribution in [0.2, 0.25) is 0 Å². The molecule has 2 fully saturated rings. The van der Waals surface area contributed by atoms with Crippen molar-refractivity contribution in [2.45, 2.75) is 32.1 Å². The van der Waals surface area contributed by atoms with Crippen LogP contribution in [-0.4, -0.2) is 62.0 Å². The second kappa shape index (κ2) is 7.10. The Morgan fingerprint density at radius 2 is 2.11 bits per heavy atom. The van der Waals surface area contributed by atoms with E-state index in [0.717, 1.165) is 58.5 Å². The van der Waals surface area contributed by atoms with Crippen LogP contribution in [0, 0.1) is 5.92 Å². The first-order valence-electron chi connectivity index (χ1n) is 7.35. The summed E-state index contributed by atoms with van der Waals surface area (Å²) in [6.07, 6.45) is 5.35. The smallest absolute Gasteiger partial charge is 0.222 e. The predicted molar refractivity (Wildman–Crippen MR) is 72.5 cm³/mol. The van der Waals surface area contributed by atoms with E-state index >= 15 is 0 Å². The molecular formula is C14H26N3O.